The number of hydrogen-bond acceptors (Lipinski definition) is 4. The topological polar surface area (TPSA) is 89.3 Å². The van der Waals surface area contributed by atoms with Gasteiger partial charge in [-0.2, -0.15) is 0 Å². The van der Waals surface area contributed by atoms with Crippen molar-refractivity contribution in [3.8, 4) is 0 Å². The molecule has 26 heavy (non-hydrogen) atoms. The van der Waals surface area contributed by atoms with Crippen LogP contribution in [0.15, 0.2) is 0 Å². The standard InChI is InChI=1S/C20H40N2O3S/c1-2-3-4-5-6-7-8-9-10-11-12-13-17-26(24,25)18-15-14-16-22-20(23)19(18)21/h18-19H,2-17,21H2,1H3,(H,22,23)/t18?,19-/m1/s1. The van der Waals surface area contributed by atoms with Gasteiger partial charge < -0.3 is 11.1 Å². The smallest absolute Gasteiger partial charge is 0.238 e. The Hall–Kier alpha value is -0.620. The fourth-order valence-corrected chi connectivity index (χ4v) is 5.68. The Morgan fingerprint density at radius 2 is 1.42 bits per heavy atom. The molecule has 1 fully saturated rings. The lowest BCUT2D eigenvalue weighted by atomic mass is 10.1. The number of nitrogens with two attached hydrogens (primary N) is 1. The van der Waals surface area contributed by atoms with Crippen molar-refractivity contribution in [2.75, 3.05) is 12.3 Å². The lowest BCUT2D eigenvalue weighted by molar-refractivity contribution is -0.121. The van der Waals surface area contributed by atoms with Gasteiger partial charge in [-0.3, -0.25) is 4.79 Å². The predicted molar refractivity (Wildman–Crippen MR) is 109 cm³/mol. The van der Waals surface area contributed by atoms with Gasteiger partial charge in [0.15, 0.2) is 9.84 Å². The van der Waals surface area contributed by atoms with Crippen LogP contribution in [0.3, 0.4) is 0 Å². The summed E-state index contributed by atoms with van der Waals surface area (Å²) in [5.74, 6) is -0.165. The third-order valence-corrected chi connectivity index (χ3v) is 7.72. The van der Waals surface area contributed by atoms with Crippen LogP contribution in [-0.4, -0.2) is 37.9 Å². The van der Waals surface area contributed by atoms with E-state index in [1.54, 1.807) is 0 Å². The number of sulfone groups is 1. The molecule has 1 saturated heterocycles. The first-order valence-electron chi connectivity index (χ1n) is 10.7. The molecule has 154 valence electrons. The van der Waals surface area contributed by atoms with E-state index in [4.69, 9.17) is 5.73 Å². The highest BCUT2D eigenvalue weighted by molar-refractivity contribution is 7.92. The highest BCUT2D eigenvalue weighted by Crippen LogP contribution is 2.18. The Balaban J connectivity index is 2.08. The second-order valence-corrected chi connectivity index (χ2v) is 10.1. The lowest BCUT2D eigenvalue weighted by Gasteiger charge is -2.20. The zero-order valence-electron chi connectivity index (χ0n) is 16.7. The molecule has 0 radical (unpaired) electrons. The van der Waals surface area contributed by atoms with Gasteiger partial charge in [0.1, 0.15) is 6.04 Å². The number of nitrogens with one attached hydrogen (secondary N) is 1. The molecule has 0 spiro atoms. The second-order valence-electron chi connectivity index (χ2n) is 7.75. The third kappa shape index (κ3) is 9.36. The largest absolute Gasteiger partial charge is 0.355 e. The Morgan fingerprint density at radius 3 is 1.96 bits per heavy atom. The predicted octanol–water partition coefficient (Wildman–Crippen LogP) is 3.71. The quantitative estimate of drug-likeness (QED) is 0.444. The molecule has 0 aromatic heterocycles. The molecule has 1 rings (SSSR count). The molecule has 0 aromatic carbocycles. The monoisotopic (exact) mass is 388 g/mol. The minimum Gasteiger partial charge on any atom is -0.355 e. The second kappa shape index (κ2) is 13.5. The van der Waals surface area contributed by atoms with Crippen LogP contribution in [0.2, 0.25) is 0 Å². The molecular weight excluding hydrogens is 348 g/mol. The Labute approximate surface area is 160 Å². The van der Waals surface area contributed by atoms with Crippen LogP contribution in [0.4, 0.5) is 0 Å². The van der Waals surface area contributed by atoms with Crippen LogP contribution in [0.1, 0.15) is 96.8 Å². The van der Waals surface area contributed by atoms with Gasteiger partial charge in [-0.05, 0) is 19.3 Å². The van der Waals surface area contributed by atoms with E-state index >= 15 is 0 Å². The normalized spacial score (nSPS) is 21.4. The summed E-state index contributed by atoms with van der Waals surface area (Å²) in [5, 5.41) is 1.97. The van der Waals surface area contributed by atoms with Crippen molar-refractivity contribution >= 4 is 15.7 Å². The van der Waals surface area contributed by atoms with E-state index in [0.717, 1.165) is 12.8 Å². The Bertz CT molecular complexity index is 479. The summed E-state index contributed by atoms with van der Waals surface area (Å²) in [6, 6.07) is -0.917. The number of carbonyl (C=O) groups is 1. The van der Waals surface area contributed by atoms with E-state index in [1.807, 2.05) is 0 Å². The van der Waals surface area contributed by atoms with Gasteiger partial charge in [0.25, 0.3) is 0 Å². The summed E-state index contributed by atoms with van der Waals surface area (Å²) in [6.07, 6.45) is 15.7. The Kier molecular flexibility index (Phi) is 12.2. The number of amides is 1. The van der Waals surface area contributed by atoms with Crippen molar-refractivity contribution < 1.29 is 13.2 Å². The van der Waals surface area contributed by atoms with Crippen molar-refractivity contribution in [1.29, 1.82) is 0 Å². The molecule has 1 aliphatic rings. The molecule has 0 aromatic rings. The summed E-state index contributed by atoms with van der Waals surface area (Å²) in [7, 11) is -3.29. The molecule has 1 unspecified atom stereocenters. The van der Waals surface area contributed by atoms with Gasteiger partial charge in [0, 0.05) is 6.54 Å². The molecule has 1 aliphatic heterocycles. The molecule has 6 heteroatoms. The number of hydrogen-bond donors (Lipinski definition) is 2. The van der Waals surface area contributed by atoms with Crippen molar-refractivity contribution in [3.63, 3.8) is 0 Å². The van der Waals surface area contributed by atoms with Gasteiger partial charge in [-0.1, -0.05) is 77.6 Å². The van der Waals surface area contributed by atoms with E-state index < -0.39 is 21.1 Å². The summed E-state index contributed by atoms with van der Waals surface area (Å²) in [6.45, 7) is 2.77. The zero-order valence-corrected chi connectivity index (χ0v) is 17.5. The summed E-state index contributed by atoms with van der Waals surface area (Å²) in [5.41, 5.74) is 5.85. The van der Waals surface area contributed by atoms with Crippen LogP contribution in [0.5, 0.6) is 0 Å². The van der Waals surface area contributed by atoms with E-state index in [2.05, 4.69) is 12.2 Å². The molecule has 1 amide bonds. The van der Waals surface area contributed by atoms with Gasteiger partial charge in [0.2, 0.25) is 5.91 Å². The molecule has 0 aliphatic carbocycles. The average Bonchev–Trinajstić information content (AvgIpc) is 2.78. The van der Waals surface area contributed by atoms with Gasteiger partial charge in [-0.25, -0.2) is 8.42 Å². The Morgan fingerprint density at radius 1 is 0.923 bits per heavy atom. The molecule has 5 nitrogen and oxygen atoms in total. The van der Waals surface area contributed by atoms with Crippen molar-refractivity contribution in [2.45, 2.75) is 108 Å². The first-order valence-corrected chi connectivity index (χ1v) is 12.5. The van der Waals surface area contributed by atoms with Crippen LogP contribution >= 0.6 is 0 Å². The van der Waals surface area contributed by atoms with Crippen molar-refractivity contribution in [3.05, 3.63) is 0 Å². The van der Waals surface area contributed by atoms with E-state index in [-0.39, 0.29) is 11.7 Å². The van der Waals surface area contributed by atoms with Crippen molar-refractivity contribution in [1.82, 2.24) is 5.32 Å². The third-order valence-electron chi connectivity index (χ3n) is 5.41. The van der Waals surface area contributed by atoms with Crippen LogP contribution < -0.4 is 11.1 Å². The fourth-order valence-electron chi connectivity index (χ4n) is 3.68. The molecular formula is C20H40N2O3S. The maximum absolute atomic E-state index is 12.5. The SMILES string of the molecule is CCCCCCCCCCCCCCS(=O)(=O)C1CCCNC(=O)[C@@H]1N. The van der Waals surface area contributed by atoms with E-state index in [1.165, 1.54) is 57.8 Å². The zero-order chi connectivity index (χ0) is 19.3. The summed E-state index contributed by atoms with van der Waals surface area (Å²) in [4.78, 5) is 11.7. The van der Waals surface area contributed by atoms with Crippen LogP contribution in [0, 0.1) is 0 Å². The summed E-state index contributed by atoms with van der Waals surface area (Å²) >= 11 is 0. The number of unbranched alkanes of at least 4 members (excludes halogenated alkanes) is 11. The minimum atomic E-state index is -3.29. The number of rotatable bonds is 14. The van der Waals surface area contributed by atoms with Crippen molar-refractivity contribution in [2.24, 2.45) is 5.73 Å². The van der Waals surface area contributed by atoms with E-state index in [9.17, 15) is 13.2 Å². The lowest BCUT2D eigenvalue weighted by Crippen LogP contribution is -2.49. The highest BCUT2D eigenvalue weighted by atomic mass is 32.2. The first kappa shape index (κ1) is 23.4. The van der Waals surface area contributed by atoms with Crippen LogP contribution in [-0.2, 0) is 14.6 Å². The maximum atomic E-state index is 12.5. The molecule has 0 bridgehead atoms. The van der Waals surface area contributed by atoms with Crippen LogP contribution in [0.25, 0.3) is 0 Å². The van der Waals surface area contributed by atoms with Gasteiger partial charge >= 0.3 is 0 Å². The first-order chi connectivity index (χ1) is 12.5. The molecule has 3 N–H and O–H groups in total. The van der Waals surface area contributed by atoms with Gasteiger partial charge in [0.05, 0.1) is 11.0 Å². The molecule has 2 atom stereocenters. The summed E-state index contributed by atoms with van der Waals surface area (Å²) < 4.78 is 25.0. The number of carbonyl (C=O) groups excluding carboxylic acids is 1. The molecule has 1 heterocycles. The maximum Gasteiger partial charge on any atom is 0.238 e. The molecule has 0 saturated carbocycles. The fraction of sp³-hybridized carbons (Fsp3) is 0.950. The average molecular weight is 389 g/mol. The highest BCUT2D eigenvalue weighted by Gasteiger charge is 2.36. The van der Waals surface area contributed by atoms with Gasteiger partial charge in [-0.15, -0.1) is 0 Å². The minimum absolute atomic E-state index is 0.163. The van der Waals surface area contributed by atoms with E-state index in [0.29, 0.717) is 25.8 Å².